The lowest BCUT2D eigenvalue weighted by molar-refractivity contribution is 0.0969. The average molecular weight is 298 g/mol. The standard InChI is InChI=1S/C15H14N4O3/c1-15(19-14(21)22)7-12(20)10-3-2-9(6-11(10)15)18-13-4-5-16-8-17-13/h2-6,8,19H,7H2,1H3,(H,21,22)(H,16,17,18). The molecule has 0 spiro atoms. The first kappa shape index (κ1) is 14.0. The molecule has 1 unspecified atom stereocenters. The maximum absolute atomic E-state index is 12.1. The molecule has 7 nitrogen and oxygen atoms in total. The Kier molecular flexibility index (Phi) is 3.25. The molecule has 3 rings (SSSR count). The van der Waals surface area contributed by atoms with Gasteiger partial charge < -0.3 is 15.7 Å². The van der Waals surface area contributed by atoms with Crippen molar-refractivity contribution in [2.24, 2.45) is 0 Å². The van der Waals surface area contributed by atoms with Crippen molar-refractivity contribution >= 4 is 23.4 Å². The zero-order valence-electron chi connectivity index (χ0n) is 11.8. The number of amides is 1. The highest BCUT2D eigenvalue weighted by Crippen LogP contribution is 2.38. The Bertz CT molecular complexity index is 744. The number of carbonyl (C=O) groups is 2. The van der Waals surface area contributed by atoms with Crippen molar-refractivity contribution in [3.8, 4) is 0 Å². The van der Waals surface area contributed by atoms with Crippen LogP contribution in [0.1, 0.15) is 29.3 Å². The fourth-order valence-corrected chi connectivity index (χ4v) is 2.69. The SMILES string of the molecule is CC1(NC(=O)O)CC(=O)c2ccc(Nc3ccncn3)cc21. The number of nitrogens with zero attached hydrogens (tertiary/aromatic N) is 2. The second-order valence-electron chi connectivity index (χ2n) is 5.34. The normalized spacial score (nSPS) is 19.6. The van der Waals surface area contributed by atoms with Gasteiger partial charge in [-0.05, 0) is 36.8 Å². The maximum atomic E-state index is 12.1. The first-order valence-corrected chi connectivity index (χ1v) is 6.70. The summed E-state index contributed by atoms with van der Waals surface area (Å²) in [6.07, 6.45) is 2.00. The van der Waals surface area contributed by atoms with E-state index < -0.39 is 11.6 Å². The van der Waals surface area contributed by atoms with Crippen LogP contribution in [-0.4, -0.2) is 27.0 Å². The van der Waals surface area contributed by atoms with Crippen LogP contribution in [0.4, 0.5) is 16.3 Å². The van der Waals surface area contributed by atoms with Crippen molar-refractivity contribution in [3.63, 3.8) is 0 Å². The monoisotopic (exact) mass is 298 g/mol. The van der Waals surface area contributed by atoms with Crippen LogP contribution in [0.5, 0.6) is 0 Å². The summed E-state index contributed by atoms with van der Waals surface area (Å²) in [6, 6.07) is 6.96. The molecule has 112 valence electrons. The molecule has 0 bridgehead atoms. The molecule has 1 aliphatic carbocycles. The first-order chi connectivity index (χ1) is 10.5. The summed E-state index contributed by atoms with van der Waals surface area (Å²) >= 11 is 0. The van der Waals surface area contributed by atoms with E-state index in [1.54, 1.807) is 37.4 Å². The van der Waals surface area contributed by atoms with Gasteiger partial charge in [-0.1, -0.05) is 0 Å². The van der Waals surface area contributed by atoms with Crippen molar-refractivity contribution < 1.29 is 14.7 Å². The van der Waals surface area contributed by atoms with Crippen LogP contribution in [0.2, 0.25) is 0 Å². The van der Waals surface area contributed by atoms with E-state index in [-0.39, 0.29) is 12.2 Å². The minimum absolute atomic E-state index is 0.0696. The Hall–Kier alpha value is -2.96. The van der Waals surface area contributed by atoms with Gasteiger partial charge in [0.05, 0.1) is 5.54 Å². The Morgan fingerprint density at radius 1 is 1.36 bits per heavy atom. The molecule has 1 aromatic carbocycles. The first-order valence-electron chi connectivity index (χ1n) is 6.70. The van der Waals surface area contributed by atoms with E-state index >= 15 is 0 Å². The lowest BCUT2D eigenvalue weighted by Gasteiger charge is -2.24. The van der Waals surface area contributed by atoms with Crippen molar-refractivity contribution in [1.82, 2.24) is 15.3 Å². The van der Waals surface area contributed by atoms with Crippen molar-refractivity contribution in [3.05, 3.63) is 47.9 Å². The van der Waals surface area contributed by atoms with Gasteiger partial charge in [-0.25, -0.2) is 14.8 Å². The summed E-state index contributed by atoms with van der Waals surface area (Å²) in [6.45, 7) is 1.71. The van der Waals surface area contributed by atoms with Gasteiger partial charge >= 0.3 is 6.09 Å². The molecule has 1 aliphatic rings. The van der Waals surface area contributed by atoms with Crippen LogP contribution in [0.25, 0.3) is 0 Å². The van der Waals surface area contributed by atoms with Crippen LogP contribution < -0.4 is 10.6 Å². The highest BCUT2D eigenvalue weighted by molar-refractivity contribution is 6.03. The van der Waals surface area contributed by atoms with Gasteiger partial charge in [-0.3, -0.25) is 4.79 Å². The second-order valence-corrected chi connectivity index (χ2v) is 5.34. The molecule has 1 heterocycles. The third kappa shape index (κ3) is 2.48. The number of ketones is 1. The predicted molar refractivity (Wildman–Crippen MR) is 79.2 cm³/mol. The van der Waals surface area contributed by atoms with Crippen molar-refractivity contribution in [2.75, 3.05) is 5.32 Å². The molecule has 3 N–H and O–H groups in total. The molecule has 1 aromatic heterocycles. The molecule has 22 heavy (non-hydrogen) atoms. The zero-order valence-corrected chi connectivity index (χ0v) is 11.8. The Balaban J connectivity index is 1.96. The van der Waals surface area contributed by atoms with Gasteiger partial charge in [0.25, 0.3) is 0 Å². The van der Waals surface area contributed by atoms with E-state index in [1.165, 1.54) is 6.33 Å². The number of anilines is 2. The number of carboxylic acid groups (broad SMARTS) is 1. The highest BCUT2D eigenvalue weighted by atomic mass is 16.4. The number of Topliss-reactive ketones (excluding diaryl/α,β-unsaturated/α-hetero) is 1. The second kappa shape index (κ2) is 5.10. The summed E-state index contributed by atoms with van der Waals surface area (Å²) < 4.78 is 0. The quantitative estimate of drug-likeness (QED) is 0.803. The molecule has 7 heteroatoms. The van der Waals surface area contributed by atoms with Crippen LogP contribution in [0.15, 0.2) is 36.8 Å². The van der Waals surface area contributed by atoms with Gasteiger partial charge in [-0.15, -0.1) is 0 Å². The largest absolute Gasteiger partial charge is 0.465 e. The molecule has 0 radical (unpaired) electrons. The molecule has 0 saturated carbocycles. The highest BCUT2D eigenvalue weighted by Gasteiger charge is 2.41. The lowest BCUT2D eigenvalue weighted by atomic mass is 9.94. The van der Waals surface area contributed by atoms with Crippen molar-refractivity contribution in [1.29, 1.82) is 0 Å². The molecule has 0 saturated heterocycles. The molecular formula is C15H14N4O3. The Morgan fingerprint density at radius 2 is 2.18 bits per heavy atom. The number of benzene rings is 1. The number of aromatic nitrogens is 2. The van der Waals surface area contributed by atoms with E-state index in [0.29, 0.717) is 16.9 Å². The average Bonchev–Trinajstić information content (AvgIpc) is 2.70. The Morgan fingerprint density at radius 3 is 2.86 bits per heavy atom. The number of hydrogen-bond donors (Lipinski definition) is 3. The minimum atomic E-state index is -1.16. The fraction of sp³-hybridized carbons (Fsp3) is 0.200. The number of rotatable bonds is 3. The third-order valence-electron chi connectivity index (χ3n) is 3.67. The van der Waals surface area contributed by atoms with E-state index in [0.717, 1.165) is 5.69 Å². The summed E-state index contributed by atoms with van der Waals surface area (Å²) in [5, 5.41) is 14.5. The molecule has 1 atom stereocenters. The smallest absolute Gasteiger partial charge is 0.405 e. The van der Waals surface area contributed by atoms with Crippen molar-refractivity contribution in [2.45, 2.75) is 18.9 Å². The van der Waals surface area contributed by atoms with Gasteiger partial charge in [0.15, 0.2) is 5.78 Å². The van der Waals surface area contributed by atoms with E-state index in [2.05, 4.69) is 20.6 Å². The lowest BCUT2D eigenvalue weighted by Crippen LogP contribution is -2.41. The van der Waals surface area contributed by atoms with Crippen LogP contribution >= 0.6 is 0 Å². The molecule has 0 fully saturated rings. The van der Waals surface area contributed by atoms with Gasteiger partial charge in [0.1, 0.15) is 12.1 Å². The number of carbonyl (C=O) groups excluding carboxylic acids is 1. The summed E-state index contributed by atoms with van der Waals surface area (Å²) in [7, 11) is 0. The van der Waals surface area contributed by atoms with Crippen LogP contribution in [0.3, 0.4) is 0 Å². The molecule has 0 aliphatic heterocycles. The predicted octanol–water partition coefficient (Wildman–Crippen LogP) is 2.29. The summed E-state index contributed by atoms with van der Waals surface area (Å²) in [5.41, 5.74) is 1.02. The Labute approximate surface area is 126 Å². The topological polar surface area (TPSA) is 104 Å². The third-order valence-corrected chi connectivity index (χ3v) is 3.67. The summed E-state index contributed by atoms with van der Waals surface area (Å²) in [5.74, 6) is 0.548. The van der Waals surface area contributed by atoms with E-state index in [9.17, 15) is 9.59 Å². The maximum Gasteiger partial charge on any atom is 0.405 e. The summed E-state index contributed by atoms with van der Waals surface area (Å²) in [4.78, 5) is 31.0. The van der Waals surface area contributed by atoms with E-state index in [1.807, 2.05) is 0 Å². The van der Waals surface area contributed by atoms with E-state index in [4.69, 9.17) is 5.11 Å². The van der Waals surface area contributed by atoms with Gasteiger partial charge in [0, 0.05) is 23.9 Å². The fourth-order valence-electron chi connectivity index (χ4n) is 2.69. The number of fused-ring (bicyclic) bond motifs is 1. The minimum Gasteiger partial charge on any atom is -0.465 e. The molecule has 2 aromatic rings. The number of hydrogen-bond acceptors (Lipinski definition) is 5. The van der Waals surface area contributed by atoms with Gasteiger partial charge in [-0.2, -0.15) is 0 Å². The number of nitrogens with one attached hydrogen (secondary N) is 2. The molecule has 1 amide bonds. The van der Waals surface area contributed by atoms with Crippen LogP contribution in [0, 0.1) is 0 Å². The van der Waals surface area contributed by atoms with Gasteiger partial charge in [0.2, 0.25) is 0 Å². The molecular weight excluding hydrogens is 284 g/mol. The van der Waals surface area contributed by atoms with Crippen LogP contribution in [-0.2, 0) is 5.54 Å². The zero-order chi connectivity index (χ0) is 15.7.